The summed E-state index contributed by atoms with van der Waals surface area (Å²) in [6.45, 7) is 5.40. The fourth-order valence-electron chi connectivity index (χ4n) is 1.74. The number of nitrogen functional groups attached to an aromatic ring is 1. The molecule has 0 aliphatic heterocycles. The first-order valence-corrected chi connectivity index (χ1v) is 6.88. The number of hydrogen-bond acceptors (Lipinski definition) is 5. The quantitative estimate of drug-likeness (QED) is 0.571. The molecule has 1 atom stereocenters. The van der Waals surface area contributed by atoms with Crippen molar-refractivity contribution in [3.63, 3.8) is 0 Å². The number of amides is 1. The minimum absolute atomic E-state index is 0.0173. The Labute approximate surface area is 129 Å². The van der Waals surface area contributed by atoms with E-state index in [4.69, 9.17) is 22.1 Å². The molecule has 21 heavy (non-hydrogen) atoms. The molecule has 0 heterocycles. The SMILES string of the molecule is COC(=O)c1cc(N)cc(Cl)c1NC(C)C(=O)NC(C)C. The van der Waals surface area contributed by atoms with Crippen LogP contribution in [0.5, 0.6) is 0 Å². The third kappa shape index (κ3) is 4.53. The van der Waals surface area contributed by atoms with Crippen LogP contribution in [0.3, 0.4) is 0 Å². The fraction of sp³-hybridized carbons (Fsp3) is 0.429. The lowest BCUT2D eigenvalue weighted by atomic mass is 10.1. The zero-order valence-corrected chi connectivity index (χ0v) is 13.2. The van der Waals surface area contributed by atoms with Gasteiger partial charge in [0.2, 0.25) is 5.91 Å². The van der Waals surface area contributed by atoms with Crippen LogP contribution in [0, 0.1) is 0 Å². The van der Waals surface area contributed by atoms with Gasteiger partial charge in [-0.25, -0.2) is 4.79 Å². The van der Waals surface area contributed by atoms with Crippen LogP contribution >= 0.6 is 11.6 Å². The first-order valence-electron chi connectivity index (χ1n) is 6.50. The van der Waals surface area contributed by atoms with E-state index in [9.17, 15) is 9.59 Å². The highest BCUT2D eigenvalue weighted by molar-refractivity contribution is 6.34. The van der Waals surface area contributed by atoms with Crippen LogP contribution in [0.4, 0.5) is 11.4 Å². The minimum atomic E-state index is -0.580. The monoisotopic (exact) mass is 313 g/mol. The number of carbonyl (C=O) groups excluding carboxylic acids is 2. The van der Waals surface area contributed by atoms with Crippen molar-refractivity contribution >= 4 is 34.9 Å². The second-order valence-electron chi connectivity index (χ2n) is 4.95. The van der Waals surface area contributed by atoms with Crippen LogP contribution in [0.1, 0.15) is 31.1 Å². The zero-order chi connectivity index (χ0) is 16.2. The molecule has 0 saturated carbocycles. The molecule has 0 fully saturated rings. The van der Waals surface area contributed by atoms with Crippen molar-refractivity contribution in [2.75, 3.05) is 18.2 Å². The average molecular weight is 314 g/mol. The van der Waals surface area contributed by atoms with Gasteiger partial charge in [-0.2, -0.15) is 0 Å². The molecule has 0 aromatic heterocycles. The van der Waals surface area contributed by atoms with E-state index in [-0.39, 0.29) is 22.5 Å². The number of halogens is 1. The van der Waals surface area contributed by atoms with E-state index in [2.05, 4.69) is 10.6 Å². The highest BCUT2D eigenvalue weighted by Gasteiger charge is 2.21. The number of benzene rings is 1. The number of esters is 1. The third-order valence-electron chi connectivity index (χ3n) is 2.70. The van der Waals surface area contributed by atoms with Crippen molar-refractivity contribution in [2.45, 2.75) is 32.9 Å². The Morgan fingerprint density at radius 3 is 2.43 bits per heavy atom. The molecule has 1 amide bonds. The van der Waals surface area contributed by atoms with Crippen molar-refractivity contribution in [1.82, 2.24) is 5.32 Å². The summed E-state index contributed by atoms with van der Waals surface area (Å²) in [7, 11) is 1.26. The minimum Gasteiger partial charge on any atom is -0.465 e. The molecule has 1 aromatic rings. The molecular weight excluding hydrogens is 294 g/mol. The Morgan fingerprint density at radius 2 is 1.90 bits per heavy atom. The summed E-state index contributed by atoms with van der Waals surface area (Å²) in [4.78, 5) is 23.7. The van der Waals surface area contributed by atoms with Gasteiger partial charge in [-0.15, -0.1) is 0 Å². The molecule has 0 bridgehead atoms. The van der Waals surface area contributed by atoms with Gasteiger partial charge in [-0.05, 0) is 32.9 Å². The summed E-state index contributed by atoms with van der Waals surface area (Å²) < 4.78 is 4.70. The van der Waals surface area contributed by atoms with Crippen LogP contribution in [0.25, 0.3) is 0 Å². The van der Waals surface area contributed by atoms with Gasteiger partial charge in [0.25, 0.3) is 0 Å². The fourth-order valence-corrected chi connectivity index (χ4v) is 2.02. The summed E-state index contributed by atoms with van der Waals surface area (Å²) >= 11 is 6.11. The van der Waals surface area contributed by atoms with E-state index in [0.29, 0.717) is 11.4 Å². The molecule has 1 aromatic carbocycles. The molecule has 116 valence electrons. The van der Waals surface area contributed by atoms with Crippen LogP contribution in [-0.2, 0) is 9.53 Å². The number of nitrogens with one attached hydrogen (secondary N) is 2. The second kappa shape index (κ2) is 7.17. The zero-order valence-electron chi connectivity index (χ0n) is 12.5. The van der Waals surface area contributed by atoms with Crippen LogP contribution in [-0.4, -0.2) is 31.1 Å². The van der Waals surface area contributed by atoms with Crippen molar-refractivity contribution in [3.05, 3.63) is 22.7 Å². The normalized spacial score (nSPS) is 11.9. The molecular formula is C14H20ClN3O3. The van der Waals surface area contributed by atoms with Crippen LogP contribution in [0.2, 0.25) is 5.02 Å². The van der Waals surface area contributed by atoms with E-state index in [0.717, 1.165) is 0 Å². The Hall–Kier alpha value is -1.95. The average Bonchev–Trinajstić information content (AvgIpc) is 2.39. The Morgan fingerprint density at radius 1 is 1.29 bits per heavy atom. The first-order chi connectivity index (χ1) is 9.76. The number of ether oxygens (including phenoxy) is 1. The van der Waals surface area contributed by atoms with Gasteiger partial charge in [0.1, 0.15) is 6.04 Å². The van der Waals surface area contributed by atoms with Gasteiger partial charge in [-0.3, -0.25) is 4.79 Å². The van der Waals surface area contributed by atoms with Crippen LogP contribution < -0.4 is 16.4 Å². The molecule has 7 heteroatoms. The predicted molar refractivity (Wildman–Crippen MR) is 83.6 cm³/mol. The smallest absolute Gasteiger partial charge is 0.340 e. The maximum absolute atomic E-state index is 11.9. The maximum Gasteiger partial charge on any atom is 0.340 e. The maximum atomic E-state index is 11.9. The van der Waals surface area contributed by atoms with E-state index >= 15 is 0 Å². The summed E-state index contributed by atoms with van der Waals surface area (Å²) in [5, 5.41) is 5.95. The van der Waals surface area contributed by atoms with E-state index in [1.54, 1.807) is 6.92 Å². The van der Waals surface area contributed by atoms with Gasteiger partial charge in [0.15, 0.2) is 0 Å². The Kier molecular flexibility index (Phi) is 5.84. The lowest BCUT2D eigenvalue weighted by Crippen LogP contribution is -2.41. The van der Waals surface area contributed by atoms with E-state index in [1.807, 2.05) is 13.8 Å². The Balaban J connectivity index is 3.07. The van der Waals surface area contributed by atoms with Crippen molar-refractivity contribution in [1.29, 1.82) is 0 Å². The lowest BCUT2D eigenvalue weighted by Gasteiger charge is -2.20. The topological polar surface area (TPSA) is 93.4 Å². The van der Waals surface area contributed by atoms with Gasteiger partial charge in [0, 0.05) is 11.7 Å². The van der Waals surface area contributed by atoms with Crippen LogP contribution in [0.15, 0.2) is 12.1 Å². The number of nitrogens with two attached hydrogens (primary N) is 1. The van der Waals surface area contributed by atoms with E-state index in [1.165, 1.54) is 19.2 Å². The molecule has 0 saturated heterocycles. The van der Waals surface area contributed by atoms with Crippen molar-refractivity contribution in [2.24, 2.45) is 0 Å². The predicted octanol–water partition coefficient (Wildman–Crippen LogP) is 2.03. The standard InChI is InChI=1S/C14H20ClN3O3/c1-7(2)17-13(19)8(3)18-12-10(14(20)21-4)5-9(16)6-11(12)15/h5-8,18H,16H2,1-4H3,(H,17,19). The summed E-state index contributed by atoms with van der Waals surface area (Å²) in [5.41, 5.74) is 6.53. The largest absolute Gasteiger partial charge is 0.465 e. The molecule has 0 spiro atoms. The molecule has 0 radical (unpaired) electrons. The number of carbonyl (C=O) groups is 2. The second-order valence-corrected chi connectivity index (χ2v) is 5.35. The number of anilines is 2. The van der Waals surface area contributed by atoms with Gasteiger partial charge < -0.3 is 21.1 Å². The summed E-state index contributed by atoms with van der Waals surface area (Å²) in [5.74, 6) is -0.781. The Bertz CT molecular complexity index is 547. The highest BCUT2D eigenvalue weighted by atomic mass is 35.5. The molecule has 0 aliphatic carbocycles. The van der Waals surface area contributed by atoms with Crippen molar-refractivity contribution < 1.29 is 14.3 Å². The molecule has 4 N–H and O–H groups in total. The van der Waals surface area contributed by atoms with Gasteiger partial charge in [0.05, 0.1) is 23.4 Å². The first kappa shape index (κ1) is 17.1. The molecule has 1 unspecified atom stereocenters. The third-order valence-corrected chi connectivity index (χ3v) is 3.00. The molecule has 6 nitrogen and oxygen atoms in total. The highest BCUT2D eigenvalue weighted by Crippen LogP contribution is 2.30. The number of rotatable bonds is 5. The summed E-state index contributed by atoms with van der Waals surface area (Å²) in [6, 6.07) is 2.40. The molecule has 1 rings (SSSR count). The molecule has 0 aliphatic rings. The lowest BCUT2D eigenvalue weighted by molar-refractivity contribution is -0.122. The van der Waals surface area contributed by atoms with Crippen molar-refractivity contribution in [3.8, 4) is 0 Å². The summed E-state index contributed by atoms with van der Waals surface area (Å²) in [6.07, 6.45) is 0. The van der Waals surface area contributed by atoms with Gasteiger partial charge in [-0.1, -0.05) is 11.6 Å². The number of hydrogen-bond donors (Lipinski definition) is 3. The number of methoxy groups -OCH3 is 1. The van der Waals surface area contributed by atoms with Gasteiger partial charge >= 0.3 is 5.97 Å². The van der Waals surface area contributed by atoms with E-state index < -0.39 is 12.0 Å².